The van der Waals surface area contributed by atoms with Crippen LogP contribution in [0.25, 0.3) is 0 Å². The van der Waals surface area contributed by atoms with Crippen molar-refractivity contribution in [2.45, 2.75) is 18.2 Å². The van der Waals surface area contributed by atoms with Crippen LogP contribution in [0.1, 0.15) is 13.3 Å². The van der Waals surface area contributed by atoms with Crippen LogP contribution in [0.2, 0.25) is 0 Å². The number of anilines is 1. The summed E-state index contributed by atoms with van der Waals surface area (Å²) in [5, 5.41) is 2.47. The molecule has 0 saturated heterocycles. The summed E-state index contributed by atoms with van der Waals surface area (Å²) in [6.45, 7) is 1.15. The van der Waals surface area contributed by atoms with Crippen molar-refractivity contribution in [1.82, 2.24) is 4.31 Å². The van der Waals surface area contributed by atoms with Gasteiger partial charge in [0.25, 0.3) is 5.91 Å². The molecule has 0 aliphatic carbocycles. The lowest BCUT2D eigenvalue weighted by Gasteiger charge is -2.15. The van der Waals surface area contributed by atoms with E-state index in [9.17, 15) is 18.0 Å². The van der Waals surface area contributed by atoms with Gasteiger partial charge in [-0.15, -0.1) is 0 Å². The van der Waals surface area contributed by atoms with Gasteiger partial charge < -0.3 is 14.8 Å². The Kier molecular flexibility index (Phi) is 6.52. The normalized spacial score (nSPS) is 11.2. The van der Waals surface area contributed by atoms with Crippen molar-refractivity contribution in [2.24, 2.45) is 0 Å². The smallest absolute Gasteiger partial charge is 0.306 e. The van der Waals surface area contributed by atoms with Crippen LogP contribution >= 0.6 is 0 Å². The molecule has 9 heteroatoms. The molecule has 0 heterocycles. The largest absolute Gasteiger partial charge is 0.495 e. The zero-order valence-electron chi connectivity index (χ0n) is 13.5. The van der Waals surface area contributed by atoms with Gasteiger partial charge in [0.2, 0.25) is 10.0 Å². The highest BCUT2D eigenvalue weighted by atomic mass is 32.2. The average Bonchev–Trinajstić information content (AvgIpc) is 2.52. The van der Waals surface area contributed by atoms with Gasteiger partial charge >= 0.3 is 5.97 Å². The van der Waals surface area contributed by atoms with Crippen LogP contribution in [-0.2, 0) is 24.3 Å². The summed E-state index contributed by atoms with van der Waals surface area (Å²) < 4.78 is 35.1. The molecule has 1 aromatic carbocycles. The van der Waals surface area contributed by atoms with Crippen LogP contribution in [0.3, 0.4) is 0 Å². The maximum atomic E-state index is 12.1. The van der Waals surface area contributed by atoms with Gasteiger partial charge in [-0.3, -0.25) is 9.59 Å². The third kappa shape index (κ3) is 4.93. The first-order valence-corrected chi connectivity index (χ1v) is 8.22. The number of carbonyl (C=O) groups excluding carboxylic acids is 2. The third-order valence-electron chi connectivity index (χ3n) is 2.88. The van der Waals surface area contributed by atoms with E-state index < -0.39 is 28.5 Å². The van der Waals surface area contributed by atoms with Crippen LogP contribution in [0.15, 0.2) is 23.1 Å². The Morgan fingerprint density at radius 3 is 2.43 bits per heavy atom. The highest BCUT2D eigenvalue weighted by Gasteiger charge is 2.20. The molecule has 1 amide bonds. The van der Waals surface area contributed by atoms with E-state index in [1.807, 2.05) is 0 Å². The molecule has 0 unspecified atom stereocenters. The lowest BCUT2D eigenvalue weighted by atomic mass is 10.3. The van der Waals surface area contributed by atoms with Gasteiger partial charge in [-0.2, -0.15) is 0 Å². The number of benzene rings is 1. The van der Waals surface area contributed by atoms with E-state index in [0.29, 0.717) is 0 Å². The zero-order valence-corrected chi connectivity index (χ0v) is 14.3. The second-order valence-corrected chi connectivity index (χ2v) is 6.86. The number of sulfonamides is 1. The van der Waals surface area contributed by atoms with E-state index in [-0.39, 0.29) is 22.8 Å². The Labute approximate surface area is 135 Å². The van der Waals surface area contributed by atoms with Crippen LogP contribution in [0, 0.1) is 0 Å². The molecule has 8 nitrogen and oxygen atoms in total. The minimum absolute atomic E-state index is 0.00385. The molecule has 0 saturated carbocycles. The number of esters is 1. The molecule has 0 aliphatic rings. The van der Waals surface area contributed by atoms with Crippen molar-refractivity contribution >= 4 is 27.6 Å². The van der Waals surface area contributed by atoms with Gasteiger partial charge in [0.15, 0.2) is 6.61 Å². The fraction of sp³-hybridized carbons (Fsp3) is 0.429. The number of rotatable bonds is 7. The van der Waals surface area contributed by atoms with Crippen molar-refractivity contribution in [1.29, 1.82) is 0 Å². The minimum atomic E-state index is -3.65. The first-order chi connectivity index (χ1) is 10.7. The molecule has 1 aromatic rings. The van der Waals surface area contributed by atoms with E-state index in [1.165, 1.54) is 39.4 Å². The van der Waals surface area contributed by atoms with E-state index in [0.717, 1.165) is 4.31 Å². The summed E-state index contributed by atoms with van der Waals surface area (Å²) in [6.07, 6.45) is 0.160. The Hall–Kier alpha value is -2.13. The van der Waals surface area contributed by atoms with Gasteiger partial charge in [-0.25, -0.2) is 12.7 Å². The SMILES string of the molecule is CCC(=O)OCC(=O)Nc1cc(S(=O)(=O)N(C)C)ccc1OC. The number of hydrogen-bond acceptors (Lipinski definition) is 6. The van der Waals surface area contributed by atoms with Crippen LogP contribution in [0.5, 0.6) is 5.75 Å². The first-order valence-electron chi connectivity index (χ1n) is 6.78. The third-order valence-corrected chi connectivity index (χ3v) is 4.69. The Bertz CT molecular complexity index is 685. The maximum Gasteiger partial charge on any atom is 0.306 e. The van der Waals surface area contributed by atoms with Crippen LogP contribution in [-0.4, -0.2) is 52.4 Å². The van der Waals surface area contributed by atoms with Crippen molar-refractivity contribution in [2.75, 3.05) is 33.1 Å². The Morgan fingerprint density at radius 2 is 1.91 bits per heavy atom. The van der Waals surface area contributed by atoms with Gasteiger partial charge in [-0.05, 0) is 18.2 Å². The number of carbonyl (C=O) groups is 2. The van der Waals surface area contributed by atoms with Crippen molar-refractivity contribution < 1.29 is 27.5 Å². The molecular formula is C14H20N2O6S. The van der Waals surface area contributed by atoms with Crippen LogP contribution in [0.4, 0.5) is 5.69 Å². The zero-order chi connectivity index (χ0) is 17.6. The van der Waals surface area contributed by atoms with Gasteiger partial charge in [0.05, 0.1) is 17.7 Å². The van der Waals surface area contributed by atoms with E-state index in [1.54, 1.807) is 6.92 Å². The molecule has 0 atom stereocenters. The fourth-order valence-electron chi connectivity index (χ4n) is 1.59. The lowest BCUT2D eigenvalue weighted by molar-refractivity contribution is -0.146. The predicted molar refractivity (Wildman–Crippen MR) is 83.7 cm³/mol. The minimum Gasteiger partial charge on any atom is -0.495 e. The van der Waals surface area contributed by atoms with Crippen molar-refractivity contribution in [3.8, 4) is 5.75 Å². The number of nitrogens with one attached hydrogen (secondary N) is 1. The molecule has 23 heavy (non-hydrogen) atoms. The molecule has 0 fully saturated rings. The highest BCUT2D eigenvalue weighted by Crippen LogP contribution is 2.28. The van der Waals surface area contributed by atoms with E-state index in [4.69, 9.17) is 9.47 Å². The fourth-order valence-corrected chi connectivity index (χ4v) is 2.52. The number of nitrogens with zero attached hydrogens (tertiary/aromatic N) is 1. The highest BCUT2D eigenvalue weighted by molar-refractivity contribution is 7.89. The van der Waals surface area contributed by atoms with E-state index >= 15 is 0 Å². The monoisotopic (exact) mass is 344 g/mol. The molecule has 0 spiro atoms. The van der Waals surface area contributed by atoms with Crippen molar-refractivity contribution in [3.05, 3.63) is 18.2 Å². The molecule has 0 radical (unpaired) electrons. The maximum absolute atomic E-state index is 12.1. The lowest BCUT2D eigenvalue weighted by Crippen LogP contribution is -2.23. The summed E-state index contributed by atoms with van der Waals surface area (Å²) in [4.78, 5) is 22.8. The second kappa shape index (κ2) is 7.93. The number of hydrogen-bond donors (Lipinski definition) is 1. The summed E-state index contributed by atoms with van der Waals surface area (Å²) in [5.41, 5.74) is 0.174. The number of ether oxygens (including phenoxy) is 2. The Balaban J connectivity index is 3.01. The second-order valence-electron chi connectivity index (χ2n) is 4.71. The molecular weight excluding hydrogens is 324 g/mol. The molecule has 128 valence electrons. The summed E-state index contributed by atoms with van der Waals surface area (Å²) >= 11 is 0. The first kappa shape index (κ1) is 18.9. The van der Waals surface area contributed by atoms with Crippen LogP contribution < -0.4 is 10.1 Å². The number of methoxy groups -OCH3 is 1. The predicted octanol–water partition coefficient (Wildman–Crippen LogP) is 0.837. The topological polar surface area (TPSA) is 102 Å². The molecule has 1 N–H and O–H groups in total. The van der Waals surface area contributed by atoms with Gasteiger partial charge in [0.1, 0.15) is 5.75 Å². The Morgan fingerprint density at radius 1 is 1.26 bits per heavy atom. The van der Waals surface area contributed by atoms with E-state index in [2.05, 4.69) is 5.32 Å². The molecule has 0 bridgehead atoms. The van der Waals surface area contributed by atoms with Gasteiger partial charge in [0, 0.05) is 20.5 Å². The molecule has 0 aliphatic heterocycles. The molecule has 1 rings (SSSR count). The average molecular weight is 344 g/mol. The summed E-state index contributed by atoms with van der Waals surface area (Å²) in [6, 6.07) is 4.10. The summed E-state index contributed by atoms with van der Waals surface area (Å²) in [7, 11) is 0.552. The number of amides is 1. The molecule has 0 aromatic heterocycles. The summed E-state index contributed by atoms with van der Waals surface area (Å²) in [5.74, 6) is -0.807. The van der Waals surface area contributed by atoms with Crippen molar-refractivity contribution in [3.63, 3.8) is 0 Å². The quantitative estimate of drug-likeness (QED) is 0.735. The van der Waals surface area contributed by atoms with Gasteiger partial charge in [-0.1, -0.05) is 6.92 Å². The standard InChI is InChI=1S/C14H20N2O6S/c1-5-14(18)22-9-13(17)15-11-8-10(6-7-12(11)21-4)23(19,20)16(2)3/h6-8H,5,9H2,1-4H3,(H,15,17).